The van der Waals surface area contributed by atoms with E-state index >= 15 is 0 Å². The molecule has 2 aliphatic heterocycles. The molecule has 5 nitrogen and oxygen atoms in total. The molecule has 0 bridgehead atoms. The lowest BCUT2D eigenvalue weighted by Gasteiger charge is -2.37. The van der Waals surface area contributed by atoms with Gasteiger partial charge in [-0.2, -0.15) is 0 Å². The van der Waals surface area contributed by atoms with Crippen molar-refractivity contribution in [1.29, 1.82) is 0 Å². The highest BCUT2D eigenvalue weighted by Crippen LogP contribution is 2.36. The van der Waals surface area contributed by atoms with Crippen molar-refractivity contribution in [3.63, 3.8) is 0 Å². The topological polar surface area (TPSA) is 52.7 Å². The fourth-order valence-corrected chi connectivity index (χ4v) is 6.13. The van der Waals surface area contributed by atoms with E-state index in [4.69, 9.17) is 0 Å². The van der Waals surface area contributed by atoms with E-state index < -0.39 is 0 Å². The van der Waals surface area contributed by atoms with E-state index in [-0.39, 0.29) is 11.8 Å². The van der Waals surface area contributed by atoms with Crippen molar-refractivity contribution in [1.82, 2.24) is 15.1 Å². The first-order valence-corrected chi connectivity index (χ1v) is 13.9. The zero-order valence-electron chi connectivity index (χ0n) is 23.1. The zero-order chi connectivity index (χ0) is 26.5. The highest BCUT2D eigenvalue weighted by molar-refractivity contribution is 5.94. The molecule has 1 N–H and O–H groups in total. The predicted octanol–water partition coefficient (Wildman–Crippen LogP) is 6.58. The van der Waals surface area contributed by atoms with Gasteiger partial charge >= 0.3 is 0 Å². The van der Waals surface area contributed by atoms with Crippen LogP contribution in [0, 0.1) is 18.8 Å². The third kappa shape index (κ3) is 6.26. The molecule has 2 amide bonds. The summed E-state index contributed by atoms with van der Waals surface area (Å²) in [4.78, 5) is 29.6. The summed E-state index contributed by atoms with van der Waals surface area (Å²) in [6.45, 7) is 12.4. The minimum absolute atomic E-state index is 0.0704. The van der Waals surface area contributed by atoms with E-state index in [2.05, 4.69) is 66.9 Å². The van der Waals surface area contributed by atoms with Crippen LogP contribution in [-0.2, 0) is 4.79 Å². The number of likely N-dealkylation sites (tertiary alicyclic amines) is 1. The van der Waals surface area contributed by atoms with Crippen LogP contribution >= 0.6 is 0 Å². The Bertz CT molecular complexity index is 1130. The summed E-state index contributed by atoms with van der Waals surface area (Å²) < 4.78 is 0. The third-order valence-corrected chi connectivity index (χ3v) is 8.40. The Morgan fingerprint density at radius 3 is 2.38 bits per heavy atom. The van der Waals surface area contributed by atoms with E-state index in [0.717, 1.165) is 62.0 Å². The van der Waals surface area contributed by atoms with Crippen molar-refractivity contribution in [2.24, 2.45) is 11.8 Å². The Hall–Kier alpha value is -3.08. The second-order valence-corrected chi connectivity index (χ2v) is 11.1. The average Bonchev–Trinajstić information content (AvgIpc) is 2.91. The van der Waals surface area contributed by atoms with Crippen LogP contribution in [0.5, 0.6) is 0 Å². The van der Waals surface area contributed by atoms with Gasteiger partial charge in [-0.1, -0.05) is 31.9 Å². The van der Waals surface area contributed by atoms with Crippen molar-refractivity contribution in [2.75, 3.05) is 20.1 Å². The van der Waals surface area contributed by atoms with E-state index in [1.54, 1.807) is 7.05 Å². The summed E-state index contributed by atoms with van der Waals surface area (Å²) in [6.07, 6.45) is 15.2. The molecule has 0 atom stereocenters. The molecule has 0 spiro atoms. The number of amides is 2. The van der Waals surface area contributed by atoms with Gasteiger partial charge in [-0.3, -0.25) is 9.59 Å². The minimum Gasteiger partial charge on any atom is -0.355 e. The first-order valence-electron chi connectivity index (χ1n) is 13.9. The molecule has 1 saturated heterocycles. The number of carbonyl (C=O) groups excluding carboxylic acids is 2. The Labute approximate surface area is 223 Å². The molecule has 1 aromatic carbocycles. The van der Waals surface area contributed by atoms with Gasteiger partial charge < -0.3 is 15.1 Å². The summed E-state index contributed by atoms with van der Waals surface area (Å²) in [6, 6.07) is 5.94. The molecule has 2 heterocycles. The lowest BCUT2D eigenvalue weighted by molar-refractivity contribution is -0.138. The first-order chi connectivity index (χ1) is 17.8. The third-order valence-electron chi connectivity index (χ3n) is 8.40. The van der Waals surface area contributed by atoms with Crippen LogP contribution in [0.25, 0.3) is 5.57 Å². The van der Waals surface area contributed by atoms with Crippen LogP contribution in [0.2, 0.25) is 0 Å². The van der Waals surface area contributed by atoms with E-state index in [1.807, 2.05) is 12.1 Å². The maximum absolute atomic E-state index is 13.1. The summed E-state index contributed by atoms with van der Waals surface area (Å²) in [5.41, 5.74) is 7.53. The van der Waals surface area contributed by atoms with Gasteiger partial charge in [-0.25, -0.2) is 0 Å². The van der Waals surface area contributed by atoms with Crippen LogP contribution in [0.4, 0.5) is 0 Å². The molecule has 1 aliphatic carbocycles. The van der Waals surface area contributed by atoms with Gasteiger partial charge in [0, 0.05) is 49.2 Å². The molecular formula is C32H43N3O2. The molecule has 5 heteroatoms. The number of piperidine rings is 1. The van der Waals surface area contributed by atoms with Gasteiger partial charge in [0.2, 0.25) is 5.91 Å². The smallest absolute Gasteiger partial charge is 0.251 e. The Balaban J connectivity index is 1.55. The number of allylic oxidation sites excluding steroid dienone is 5. The van der Waals surface area contributed by atoms with Crippen molar-refractivity contribution in [2.45, 2.75) is 72.1 Å². The minimum atomic E-state index is -0.0704. The van der Waals surface area contributed by atoms with Gasteiger partial charge in [-0.05, 0) is 105 Å². The predicted molar refractivity (Wildman–Crippen MR) is 152 cm³/mol. The van der Waals surface area contributed by atoms with Gasteiger partial charge in [0.15, 0.2) is 0 Å². The largest absolute Gasteiger partial charge is 0.355 e. The monoisotopic (exact) mass is 501 g/mol. The number of rotatable bonds is 6. The standard InChI is InChI=1S/C32H43N3O2/c1-22-13-18-35(24(3)19-22)30(25(4)29-12-11-28(20-23(29)2)31(36)33-5)21-26-14-16-34(17-15-26)32(37)27-9-7-6-8-10-27/h11-13,18-20,26-27H,3,6-10,14-17,21H2,1-2,4-5H3,(H,33,36)/b30-25+. The van der Waals surface area contributed by atoms with Crippen LogP contribution in [-0.4, -0.2) is 41.8 Å². The number of nitrogens with one attached hydrogen (secondary N) is 1. The molecule has 0 radical (unpaired) electrons. The van der Waals surface area contributed by atoms with E-state index in [0.29, 0.717) is 17.4 Å². The van der Waals surface area contributed by atoms with E-state index in [9.17, 15) is 9.59 Å². The van der Waals surface area contributed by atoms with Gasteiger partial charge in [0.25, 0.3) is 5.91 Å². The van der Waals surface area contributed by atoms with Gasteiger partial charge in [0.1, 0.15) is 0 Å². The molecule has 2 fully saturated rings. The Morgan fingerprint density at radius 2 is 1.76 bits per heavy atom. The molecule has 198 valence electrons. The van der Waals surface area contributed by atoms with Crippen molar-refractivity contribution >= 4 is 17.4 Å². The Kier molecular flexibility index (Phi) is 8.73. The molecular weight excluding hydrogens is 458 g/mol. The number of benzene rings is 1. The number of hydrogen-bond acceptors (Lipinski definition) is 3. The summed E-state index contributed by atoms with van der Waals surface area (Å²) in [5.74, 6) is 1.09. The number of carbonyl (C=O) groups is 2. The van der Waals surface area contributed by atoms with Crippen LogP contribution in [0.15, 0.2) is 60.1 Å². The summed E-state index contributed by atoms with van der Waals surface area (Å²) in [7, 11) is 1.66. The number of hydrogen-bond donors (Lipinski definition) is 1. The molecule has 37 heavy (non-hydrogen) atoms. The zero-order valence-corrected chi connectivity index (χ0v) is 23.1. The maximum Gasteiger partial charge on any atom is 0.251 e. The molecule has 3 aliphatic rings. The van der Waals surface area contributed by atoms with E-state index in [1.165, 1.54) is 36.1 Å². The second-order valence-electron chi connectivity index (χ2n) is 11.1. The molecule has 1 aromatic rings. The molecule has 4 rings (SSSR count). The number of aryl methyl sites for hydroxylation is 1. The molecule has 0 unspecified atom stereocenters. The summed E-state index contributed by atoms with van der Waals surface area (Å²) >= 11 is 0. The highest BCUT2D eigenvalue weighted by atomic mass is 16.2. The lowest BCUT2D eigenvalue weighted by Crippen LogP contribution is -2.42. The maximum atomic E-state index is 13.1. The first kappa shape index (κ1) is 27.0. The lowest BCUT2D eigenvalue weighted by atomic mass is 9.85. The van der Waals surface area contributed by atoms with Crippen molar-refractivity contribution < 1.29 is 9.59 Å². The SMILES string of the molecule is C=C1C=C(C)C=CN1/C(CC1CCN(C(=O)C2CCCCC2)CC1)=C(\C)c1ccc(C(=O)NC)cc1C. The molecule has 0 aromatic heterocycles. The van der Waals surface area contributed by atoms with Gasteiger partial charge in [-0.15, -0.1) is 0 Å². The molecule has 1 saturated carbocycles. The van der Waals surface area contributed by atoms with Crippen LogP contribution < -0.4 is 5.32 Å². The Morgan fingerprint density at radius 1 is 1.05 bits per heavy atom. The quantitative estimate of drug-likeness (QED) is 0.479. The van der Waals surface area contributed by atoms with Crippen molar-refractivity contribution in [3.05, 3.63) is 76.8 Å². The highest BCUT2D eigenvalue weighted by Gasteiger charge is 2.30. The number of nitrogens with zero attached hydrogens (tertiary/aromatic N) is 2. The fourth-order valence-electron chi connectivity index (χ4n) is 6.13. The normalized spacial score (nSPS) is 20.0. The fraction of sp³-hybridized carbons (Fsp3) is 0.500. The summed E-state index contributed by atoms with van der Waals surface area (Å²) in [5, 5.41) is 2.71. The second kappa shape index (κ2) is 12.0. The van der Waals surface area contributed by atoms with Crippen LogP contribution in [0.1, 0.15) is 86.7 Å². The van der Waals surface area contributed by atoms with Crippen molar-refractivity contribution in [3.8, 4) is 0 Å². The van der Waals surface area contributed by atoms with Crippen LogP contribution in [0.3, 0.4) is 0 Å². The average molecular weight is 502 g/mol. The van der Waals surface area contributed by atoms with Gasteiger partial charge in [0.05, 0.1) is 0 Å².